The molecule has 0 amide bonds. The summed E-state index contributed by atoms with van der Waals surface area (Å²) in [7, 11) is -3.91. The van der Waals surface area contributed by atoms with E-state index in [1.165, 1.54) is 5.56 Å². The van der Waals surface area contributed by atoms with Gasteiger partial charge in [0.25, 0.3) is 10.1 Å². The third-order valence-corrected chi connectivity index (χ3v) is 4.26. The molecule has 5 nitrogen and oxygen atoms in total. The molecule has 0 unspecified atom stereocenters. The summed E-state index contributed by atoms with van der Waals surface area (Å²) < 4.78 is 35.7. The van der Waals surface area contributed by atoms with Crippen LogP contribution in [0.25, 0.3) is 0 Å². The molecule has 0 spiro atoms. The molecular formula is C13H18ClNO4S. The van der Waals surface area contributed by atoms with Crippen molar-refractivity contribution in [3.05, 3.63) is 34.9 Å². The minimum absolute atomic E-state index is 0.168. The standard InChI is InChI=1S/C13H18ClNO4S/c14-11-3-1-10(2-4-11)7-12-9-19-13(8-15-12)5-6-20(16,17)18/h1-4,12-13,15H,5-9H2,(H,16,17,18)/t12-,13+/m0/s1. The van der Waals surface area contributed by atoms with E-state index in [2.05, 4.69) is 5.32 Å². The molecule has 1 fully saturated rings. The lowest BCUT2D eigenvalue weighted by Crippen LogP contribution is -2.47. The summed E-state index contributed by atoms with van der Waals surface area (Å²) in [5.74, 6) is -0.263. The van der Waals surface area contributed by atoms with Crippen molar-refractivity contribution in [2.75, 3.05) is 18.9 Å². The maximum Gasteiger partial charge on any atom is 0.264 e. The molecule has 1 aliphatic rings. The van der Waals surface area contributed by atoms with Gasteiger partial charge in [0, 0.05) is 17.6 Å². The van der Waals surface area contributed by atoms with Gasteiger partial charge in [-0.1, -0.05) is 23.7 Å². The van der Waals surface area contributed by atoms with Gasteiger partial charge in [-0.15, -0.1) is 0 Å². The molecule has 2 atom stereocenters. The maximum absolute atomic E-state index is 10.7. The van der Waals surface area contributed by atoms with Crippen LogP contribution < -0.4 is 5.32 Å². The Bertz CT molecular complexity index is 524. The fourth-order valence-electron chi connectivity index (χ4n) is 2.17. The zero-order valence-corrected chi connectivity index (χ0v) is 12.5. The quantitative estimate of drug-likeness (QED) is 0.805. The first-order chi connectivity index (χ1) is 9.42. The average molecular weight is 320 g/mol. The molecule has 20 heavy (non-hydrogen) atoms. The second kappa shape index (κ2) is 6.87. The van der Waals surface area contributed by atoms with Crippen molar-refractivity contribution in [1.29, 1.82) is 0 Å². The Kier molecular flexibility index (Phi) is 5.40. The molecule has 2 N–H and O–H groups in total. The van der Waals surface area contributed by atoms with E-state index in [0.717, 1.165) is 6.42 Å². The molecule has 112 valence electrons. The van der Waals surface area contributed by atoms with Gasteiger partial charge in [-0.25, -0.2) is 0 Å². The molecule has 0 aromatic heterocycles. The number of ether oxygens (including phenoxy) is 1. The highest BCUT2D eigenvalue weighted by Crippen LogP contribution is 2.14. The van der Waals surface area contributed by atoms with Gasteiger partial charge in [0.15, 0.2) is 0 Å². The fourth-order valence-corrected chi connectivity index (χ4v) is 2.86. The van der Waals surface area contributed by atoms with Crippen molar-refractivity contribution in [2.45, 2.75) is 25.0 Å². The van der Waals surface area contributed by atoms with Gasteiger partial charge in [0.2, 0.25) is 0 Å². The topological polar surface area (TPSA) is 75.6 Å². The van der Waals surface area contributed by atoms with Crippen LogP contribution in [0, 0.1) is 0 Å². The summed E-state index contributed by atoms with van der Waals surface area (Å²) in [6.07, 6.45) is 0.972. The van der Waals surface area contributed by atoms with Gasteiger partial charge in [-0.3, -0.25) is 4.55 Å². The van der Waals surface area contributed by atoms with Crippen molar-refractivity contribution in [3.63, 3.8) is 0 Å². The SMILES string of the molecule is O=S(=O)(O)CC[C@@H]1CN[C@@H](Cc2ccc(Cl)cc2)CO1. The van der Waals surface area contributed by atoms with E-state index in [0.29, 0.717) is 24.6 Å². The highest BCUT2D eigenvalue weighted by Gasteiger charge is 2.22. The van der Waals surface area contributed by atoms with Crippen LogP contribution in [0.15, 0.2) is 24.3 Å². The van der Waals surface area contributed by atoms with E-state index in [4.69, 9.17) is 20.9 Å². The Morgan fingerprint density at radius 1 is 1.35 bits per heavy atom. The average Bonchev–Trinajstić information content (AvgIpc) is 2.40. The first kappa shape index (κ1) is 15.7. The van der Waals surface area contributed by atoms with Crippen molar-refractivity contribution in [3.8, 4) is 0 Å². The number of morpholine rings is 1. The van der Waals surface area contributed by atoms with Crippen LogP contribution in [0.4, 0.5) is 0 Å². The first-order valence-corrected chi connectivity index (χ1v) is 8.46. The van der Waals surface area contributed by atoms with Crippen LogP contribution in [0.2, 0.25) is 5.02 Å². The third-order valence-electron chi connectivity index (χ3n) is 3.26. The van der Waals surface area contributed by atoms with Crippen molar-refractivity contribution in [1.82, 2.24) is 5.32 Å². The number of rotatable bonds is 5. The number of hydrogen-bond acceptors (Lipinski definition) is 4. The van der Waals surface area contributed by atoms with Crippen molar-refractivity contribution < 1.29 is 17.7 Å². The second-order valence-electron chi connectivity index (χ2n) is 4.97. The number of halogens is 1. The van der Waals surface area contributed by atoms with Gasteiger partial charge in [0.05, 0.1) is 18.5 Å². The maximum atomic E-state index is 10.7. The van der Waals surface area contributed by atoms with E-state index in [-0.39, 0.29) is 17.9 Å². The normalized spacial score (nSPS) is 23.7. The predicted octanol–water partition coefficient (Wildman–Crippen LogP) is 1.52. The lowest BCUT2D eigenvalue weighted by molar-refractivity contribution is 0.00297. The molecule has 0 aliphatic carbocycles. The zero-order chi connectivity index (χ0) is 14.6. The molecule has 2 rings (SSSR count). The van der Waals surface area contributed by atoms with E-state index in [1.54, 1.807) is 0 Å². The Labute approximate surface area is 124 Å². The Hall–Kier alpha value is -0.660. The first-order valence-electron chi connectivity index (χ1n) is 6.47. The van der Waals surface area contributed by atoms with Gasteiger partial charge < -0.3 is 10.1 Å². The number of nitrogens with one attached hydrogen (secondary N) is 1. The number of benzene rings is 1. The molecule has 0 bridgehead atoms. The van der Waals surface area contributed by atoms with E-state index < -0.39 is 10.1 Å². The monoisotopic (exact) mass is 319 g/mol. The molecule has 7 heteroatoms. The molecule has 0 radical (unpaired) electrons. The summed E-state index contributed by atoms with van der Waals surface area (Å²) in [4.78, 5) is 0. The summed E-state index contributed by atoms with van der Waals surface area (Å²) in [5, 5.41) is 4.05. The van der Waals surface area contributed by atoms with E-state index >= 15 is 0 Å². The highest BCUT2D eigenvalue weighted by atomic mass is 35.5. The van der Waals surface area contributed by atoms with E-state index in [9.17, 15) is 8.42 Å². The van der Waals surface area contributed by atoms with Crippen LogP contribution >= 0.6 is 11.6 Å². The minimum Gasteiger partial charge on any atom is -0.375 e. The number of hydrogen-bond donors (Lipinski definition) is 2. The minimum atomic E-state index is -3.91. The molecule has 1 aromatic rings. The van der Waals surface area contributed by atoms with Gasteiger partial charge in [-0.2, -0.15) is 8.42 Å². The molecule has 1 saturated heterocycles. The summed E-state index contributed by atoms with van der Waals surface area (Å²) in [5.41, 5.74) is 1.17. The molecule has 1 aromatic carbocycles. The van der Waals surface area contributed by atoms with Crippen LogP contribution in [-0.2, 0) is 21.3 Å². The van der Waals surface area contributed by atoms with Crippen LogP contribution in [0.3, 0.4) is 0 Å². The lowest BCUT2D eigenvalue weighted by Gasteiger charge is -2.30. The zero-order valence-electron chi connectivity index (χ0n) is 11.0. The summed E-state index contributed by atoms with van der Waals surface area (Å²) in [6, 6.07) is 7.88. The van der Waals surface area contributed by atoms with Gasteiger partial charge in [0.1, 0.15) is 0 Å². The van der Waals surface area contributed by atoms with Gasteiger partial charge >= 0.3 is 0 Å². The molecule has 1 aliphatic heterocycles. The highest BCUT2D eigenvalue weighted by molar-refractivity contribution is 7.85. The smallest absolute Gasteiger partial charge is 0.264 e. The van der Waals surface area contributed by atoms with Crippen LogP contribution in [0.1, 0.15) is 12.0 Å². The largest absolute Gasteiger partial charge is 0.375 e. The second-order valence-corrected chi connectivity index (χ2v) is 6.97. The molecule has 1 heterocycles. The Balaban J connectivity index is 1.75. The predicted molar refractivity (Wildman–Crippen MR) is 77.7 cm³/mol. The van der Waals surface area contributed by atoms with Crippen molar-refractivity contribution in [2.24, 2.45) is 0 Å². The molecule has 0 saturated carbocycles. The van der Waals surface area contributed by atoms with Crippen LogP contribution in [0.5, 0.6) is 0 Å². The van der Waals surface area contributed by atoms with E-state index in [1.807, 2.05) is 24.3 Å². The summed E-state index contributed by atoms with van der Waals surface area (Å²) in [6.45, 7) is 1.12. The van der Waals surface area contributed by atoms with Gasteiger partial charge in [-0.05, 0) is 30.5 Å². The Morgan fingerprint density at radius 2 is 2.05 bits per heavy atom. The van der Waals surface area contributed by atoms with Crippen LogP contribution in [-0.4, -0.2) is 44.0 Å². The molecular weight excluding hydrogens is 302 g/mol. The Morgan fingerprint density at radius 3 is 2.60 bits per heavy atom. The summed E-state index contributed by atoms with van der Waals surface area (Å²) >= 11 is 5.84. The third kappa shape index (κ3) is 5.38. The lowest BCUT2D eigenvalue weighted by atomic mass is 10.0. The fraction of sp³-hybridized carbons (Fsp3) is 0.538. The van der Waals surface area contributed by atoms with Crippen molar-refractivity contribution >= 4 is 21.7 Å².